The zero-order valence-corrected chi connectivity index (χ0v) is 24.8. The van der Waals surface area contributed by atoms with E-state index in [-0.39, 0.29) is 0 Å². The molecule has 0 saturated heterocycles. The van der Waals surface area contributed by atoms with Crippen LogP contribution in [0.25, 0.3) is 62.2 Å². The minimum atomic E-state index is 1.15. The molecule has 0 atom stereocenters. The molecule has 0 amide bonds. The number of benzene rings is 7. The van der Waals surface area contributed by atoms with Gasteiger partial charge in [0, 0.05) is 51.7 Å². The number of hydrogen-bond donors (Lipinski definition) is 0. The van der Waals surface area contributed by atoms with Crippen LogP contribution in [0.1, 0.15) is 0 Å². The Morgan fingerprint density at radius 1 is 0.372 bits per heavy atom. The lowest BCUT2D eigenvalue weighted by atomic mass is 10.0. The van der Waals surface area contributed by atoms with Crippen LogP contribution >= 0.6 is 22.7 Å². The van der Waals surface area contributed by atoms with Crippen molar-refractivity contribution in [2.45, 2.75) is 0 Å². The largest absolute Gasteiger partial charge is 0.310 e. The maximum absolute atomic E-state index is 2.42. The molecule has 1 nitrogen and oxygen atoms in total. The Hall–Kier alpha value is -4.96. The third-order valence-corrected chi connectivity index (χ3v) is 10.7. The van der Waals surface area contributed by atoms with Gasteiger partial charge >= 0.3 is 0 Å². The van der Waals surface area contributed by atoms with Gasteiger partial charge < -0.3 is 4.90 Å². The fourth-order valence-electron chi connectivity index (χ4n) is 6.41. The van der Waals surface area contributed by atoms with Crippen molar-refractivity contribution in [3.63, 3.8) is 0 Å². The van der Waals surface area contributed by atoms with E-state index in [0.717, 1.165) is 11.4 Å². The second-order valence-electron chi connectivity index (χ2n) is 11.0. The van der Waals surface area contributed by atoms with Crippen molar-refractivity contribution < 1.29 is 0 Å². The van der Waals surface area contributed by atoms with Gasteiger partial charge in [-0.15, -0.1) is 22.7 Å². The number of nitrogens with zero attached hydrogens (tertiary/aromatic N) is 1. The number of thiophene rings is 2. The first-order valence-corrected chi connectivity index (χ1v) is 16.1. The Labute approximate surface area is 257 Å². The summed E-state index contributed by atoms with van der Waals surface area (Å²) >= 11 is 3.75. The average Bonchev–Trinajstić information content (AvgIpc) is 3.62. The molecule has 0 radical (unpaired) electrons. The summed E-state index contributed by atoms with van der Waals surface area (Å²) in [7, 11) is 0. The first-order valence-electron chi connectivity index (χ1n) is 14.5. The summed E-state index contributed by atoms with van der Waals surface area (Å²) in [5.41, 5.74) is 5.94. The molecule has 202 valence electrons. The van der Waals surface area contributed by atoms with Crippen molar-refractivity contribution in [3.05, 3.63) is 152 Å². The van der Waals surface area contributed by atoms with Gasteiger partial charge in [-0.05, 0) is 82.6 Å². The van der Waals surface area contributed by atoms with Gasteiger partial charge in [-0.3, -0.25) is 0 Å². The van der Waals surface area contributed by atoms with Gasteiger partial charge in [0.15, 0.2) is 0 Å². The highest BCUT2D eigenvalue weighted by molar-refractivity contribution is 7.26. The van der Waals surface area contributed by atoms with Crippen molar-refractivity contribution in [2.75, 3.05) is 4.90 Å². The molecule has 0 bridgehead atoms. The maximum Gasteiger partial charge on any atom is 0.0554 e. The molecule has 3 heteroatoms. The van der Waals surface area contributed by atoms with E-state index in [4.69, 9.17) is 0 Å². The van der Waals surface area contributed by atoms with Crippen LogP contribution in [-0.2, 0) is 0 Å². The molecule has 7 aromatic carbocycles. The second kappa shape index (κ2) is 9.81. The summed E-state index contributed by atoms with van der Waals surface area (Å²) in [6, 6.07) is 55.5. The van der Waals surface area contributed by atoms with Gasteiger partial charge in [0.2, 0.25) is 0 Å². The molecule has 0 fully saturated rings. The summed E-state index contributed by atoms with van der Waals surface area (Å²) in [6.45, 7) is 0. The fraction of sp³-hybridized carbons (Fsp3) is 0. The van der Waals surface area contributed by atoms with Crippen LogP contribution in [0.3, 0.4) is 0 Å². The number of fused-ring (bicyclic) bond motifs is 7. The number of anilines is 3. The van der Waals surface area contributed by atoms with Gasteiger partial charge in [0.05, 0.1) is 5.69 Å². The monoisotopic (exact) mass is 583 g/mol. The van der Waals surface area contributed by atoms with E-state index in [9.17, 15) is 0 Å². The first kappa shape index (κ1) is 24.6. The quantitative estimate of drug-likeness (QED) is 0.199. The van der Waals surface area contributed by atoms with E-state index in [1.165, 1.54) is 67.9 Å². The lowest BCUT2D eigenvalue weighted by molar-refractivity contribution is 1.30. The molecule has 0 saturated carbocycles. The molecule has 43 heavy (non-hydrogen) atoms. The average molecular weight is 584 g/mol. The van der Waals surface area contributed by atoms with E-state index in [2.05, 4.69) is 157 Å². The maximum atomic E-state index is 2.42. The summed E-state index contributed by atoms with van der Waals surface area (Å²) in [4.78, 5) is 2.42. The van der Waals surface area contributed by atoms with E-state index in [0.29, 0.717) is 0 Å². The fourth-order valence-corrected chi connectivity index (χ4v) is 8.72. The molecule has 9 rings (SSSR count). The Morgan fingerprint density at radius 3 is 1.93 bits per heavy atom. The zero-order valence-electron chi connectivity index (χ0n) is 23.2. The molecule has 0 aliphatic heterocycles. The van der Waals surface area contributed by atoms with Crippen LogP contribution < -0.4 is 4.90 Å². The van der Waals surface area contributed by atoms with E-state index in [1.54, 1.807) is 0 Å². The molecule has 0 unspecified atom stereocenters. The Morgan fingerprint density at radius 2 is 1.02 bits per heavy atom. The van der Waals surface area contributed by atoms with Crippen LogP contribution in [0, 0.1) is 0 Å². The summed E-state index contributed by atoms with van der Waals surface area (Å²) < 4.78 is 5.28. The van der Waals surface area contributed by atoms with Crippen LogP contribution in [0.5, 0.6) is 0 Å². The summed E-state index contributed by atoms with van der Waals surface area (Å²) in [5.74, 6) is 0. The minimum absolute atomic E-state index is 1.15. The van der Waals surface area contributed by atoms with Crippen LogP contribution in [-0.4, -0.2) is 0 Å². The Balaban J connectivity index is 1.25. The second-order valence-corrected chi connectivity index (χ2v) is 13.1. The van der Waals surface area contributed by atoms with Gasteiger partial charge in [-0.2, -0.15) is 0 Å². The standard InChI is InChI=1S/C40H25NS2/c1-2-13-30(14-3-1)41(35-17-9-19-37-40(35)34-23-27-10-4-5-11-28(27)24-39(34)43-37)31-15-8-12-26(22-31)29-20-21-33-32-16-6-7-18-36(32)42-38(33)25-29/h1-25H. The van der Waals surface area contributed by atoms with Crippen molar-refractivity contribution in [2.24, 2.45) is 0 Å². The molecule has 9 aromatic rings. The van der Waals surface area contributed by atoms with Crippen molar-refractivity contribution in [1.29, 1.82) is 0 Å². The lowest BCUT2D eigenvalue weighted by Gasteiger charge is -2.27. The highest BCUT2D eigenvalue weighted by Crippen LogP contribution is 2.46. The molecule has 0 aliphatic rings. The summed E-state index contributed by atoms with van der Waals surface area (Å²) in [6.07, 6.45) is 0. The molecule has 2 aromatic heterocycles. The van der Waals surface area contributed by atoms with E-state index in [1.807, 2.05) is 22.7 Å². The van der Waals surface area contributed by atoms with E-state index >= 15 is 0 Å². The zero-order chi connectivity index (χ0) is 28.3. The van der Waals surface area contributed by atoms with E-state index < -0.39 is 0 Å². The normalized spacial score (nSPS) is 11.7. The van der Waals surface area contributed by atoms with Crippen LogP contribution in [0.15, 0.2) is 152 Å². The van der Waals surface area contributed by atoms with Crippen molar-refractivity contribution in [3.8, 4) is 11.1 Å². The third kappa shape index (κ3) is 4.04. The Kier molecular flexibility index (Phi) is 5.62. The minimum Gasteiger partial charge on any atom is -0.310 e. The number of para-hydroxylation sites is 1. The Bertz CT molecular complexity index is 2470. The predicted octanol–water partition coefficient (Wildman–Crippen LogP) is 12.7. The van der Waals surface area contributed by atoms with Gasteiger partial charge in [0.1, 0.15) is 0 Å². The van der Waals surface area contributed by atoms with Gasteiger partial charge in [-0.25, -0.2) is 0 Å². The highest BCUT2D eigenvalue weighted by Gasteiger charge is 2.19. The SMILES string of the molecule is c1ccc(N(c2cccc(-c3ccc4c(c3)sc3ccccc34)c2)c2cccc3sc4cc5ccccc5cc4c23)cc1. The third-order valence-electron chi connectivity index (χ3n) is 8.41. The van der Waals surface area contributed by atoms with Crippen LogP contribution in [0.2, 0.25) is 0 Å². The smallest absolute Gasteiger partial charge is 0.0554 e. The molecule has 0 spiro atoms. The number of rotatable bonds is 4. The van der Waals surface area contributed by atoms with Gasteiger partial charge in [0.25, 0.3) is 0 Å². The molecule has 2 heterocycles. The lowest BCUT2D eigenvalue weighted by Crippen LogP contribution is -2.10. The van der Waals surface area contributed by atoms with Crippen molar-refractivity contribution in [1.82, 2.24) is 0 Å². The van der Waals surface area contributed by atoms with Crippen LogP contribution in [0.4, 0.5) is 17.1 Å². The molecule has 0 N–H and O–H groups in total. The highest BCUT2D eigenvalue weighted by atomic mass is 32.1. The topological polar surface area (TPSA) is 3.24 Å². The van der Waals surface area contributed by atoms with Crippen molar-refractivity contribution >= 4 is 90.9 Å². The molecular formula is C40H25NS2. The van der Waals surface area contributed by atoms with Gasteiger partial charge in [-0.1, -0.05) is 91.0 Å². The first-order chi connectivity index (χ1) is 21.3. The predicted molar refractivity (Wildman–Crippen MR) is 190 cm³/mol. The summed E-state index contributed by atoms with van der Waals surface area (Å²) in [5, 5.41) is 7.83. The molecule has 0 aliphatic carbocycles. The number of hydrogen-bond acceptors (Lipinski definition) is 3. The molecular weight excluding hydrogens is 559 g/mol.